The number of carbonyl (C=O) groups is 1. The predicted molar refractivity (Wildman–Crippen MR) is 97.6 cm³/mol. The molecule has 0 radical (unpaired) electrons. The quantitative estimate of drug-likeness (QED) is 0.838. The molecule has 138 valence electrons. The van der Waals surface area contributed by atoms with Gasteiger partial charge in [-0.3, -0.25) is 14.7 Å². The third kappa shape index (κ3) is 3.49. The SMILES string of the molecule is Cn1c(CN2CCCC2)nnc1C1CCN(C(=O)c2ccncc2)CC1. The second kappa shape index (κ2) is 7.53. The molecule has 0 saturated carbocycles. The Kier molecular flexibility index (Phi) is 4.97. The number of hydrogen-bond acceptors (Lipinski definition) is 5. The van der Waals surface area contributed by atoms with Crippen molar-refractivity contribution in [3.63, 3.8) is 0 Å². The number of pyridine rings is 1. The van der Waals surface area contributed by atoms with Crippen LogP contribution in [0, 0.1) is 0 Å². The fourth-order valence-corrected chi connectivity index (χ4v) is 4.03. The molecule has 0 spiro atoms. The van der Waals surface area contributed by atoms with Crippen LogP contribution in [0.2, 0.25) is 0 Å². The van der Waals surface area contributed by atoms with Crippen LogP contribution in [0.3, 0.4) is 0 Å². The summed E-state index contributed by atoms with van der Waals surface area (Å²) in [5.41, 5.74) is 0.713. The molecule has 1 amide bonds. The number of rotatable bonds is 4. The van der Waals surface area contributed by atoms with E-state index in [-0.39, 0.29) is 5.91 Å². The largest absolute Gasteiger partial charge is 0.339 e. The smallest absolute Gasteiger partial charge is 0.253 e. The van der Waals surface area contributed by atoms with Crippen molar-refractivity contribution in [1.82, 2.24) is 29.5 Å². The molecule has 2 saturated heterocycles. The van der Waals surface area contributed by atoms with Crippen LogP contribution in [0.4, 0.5) is 0 Å². The summed E-state index contributed by atoms with van der Waals surface area (Å²) >= 11 is 0. The van der Waals surface area contributed by atoms with E-state index in [0.717, 1.165) is 57.2 Å². The number of likely N-dealkylation sites (tertiary alicyclic amines) is 2. The monoisotopic (exact) mass is 354 g/mol. The van der Waals surface area contributed by atoms with Crippen molar-refractivity contribution in [3.8, 4) is 0 Å². The van der Waals surface area contributed by atoms with Gasteiger partial charge in [-0.25, -0.2) is 0 Å². The fourth-order valence-electron chi connectivity index (χ4n) is 4.03. The van der Waals surface area contributed by atoms with E-state index in [1.807, 2.05) is 4.90 Å². The van der Waals surface area contributed by atoms with Gasteiger partial charge in [0, 0.05) is 44.0 Å². The lowest BCUT2D eigenvalue weighted by molar-refractivity contribution is 0.0710. The summed E-state index contributed by atoms with van der Waals surface area (Å²) in [5.74, 6) is 2.59. The zero-order valence-corrected chi connectivity index (χ0v) is 15.3. The zero-order chi connectivity index (χ0) is 17.9. The van der Waals surface area contributed by atoms with Gasteiger partial charge in [0.2, 0.25) is 0 Å². The first kappa shape index (κ1) is 17.1. The van der Waals surface area contributed by atoms with E-state index >= 15 is 0 Å². The summed E-state index contributed by atoms with van der Waals surface area (Å²) in [5, 5.41) is 8.92. The van der Waals surface area contributed by atoms with E-state index in [1.165, 1.54) is 12.8 Å². The summed E-state index contributed by atoms with van der Waals surface area (Å²) in [6, 6.07) is 3.56. The second-order valence-corrected chi connectivity index (χ2v) is 7.32. The standard InChI is InChI=1S/C19H26N6O/c1-23-17(14-24-10-2-3-11-24)21-22-18(23)15-6-12-25(13-7-15)19(26)16-4-8-20-9-5-16/h4-5,8-9,15H,2-3,6-7,10-14H2,1H3. The first-order valence-corrected chi connectivity index (χ1v) is 9.52. The van der Waals surface area contributed by atoms with Gasteiger partial charge in [0.25, 0.3) is 5.91 Å². The Morgan fingerprint density at radius 3 is 2.46 bits per heavy atom. The molecule has 2 aliphatic heterocycles. The Morgan fingerprint density at radius 1 is 1.08 bits per heavy atom. The van der Waals surface area contributed by atoms with Gasteiger partial charge in [-0.15, -0.1) is 10.2 Å². The lowest BCUT2D eigenvalue weighted by Crippen LogP contribution is -2.38. The zero-order valence-electron chi connectivity index (χ0n) is 15.3. The lowest BCUT2D eigenvalue weighted by atomic mass is 9.95. The molecule has 0 aliphatic carbocycles. The van der Waals surface area contributed by atoms with Gasteiger partial charge in [-0.05, 0) is 50.9 Å². The second-order valence-electron chi connectivity index (χ2n) is 7.32. The molecule has 4 rings (SSSR count). The summed E-state index contributed by atoms with van der Waals surface area (Å²) in [6.45, 7) is 4.75. The molecule has 0 N–H and O–H groups in total. The van der Waals surface area contributed by atoms with Gasteiger partial charge in [0.15, 0.2) is 0 Å². The van der Waals surface area contributed by atoms with Crippen LogP contribution in [0.5, 0.6) is 0 Å². The lowest BCUT2D eigenvalue weighted by Gasteiger charge is -2.31. The third-order valence-corrected chi connectivity index (χ3v) is 5.64. The van der Waals surface area contributed by atoms with Crippen molar-refractivity contribution in [2.75, 3.05) is 26.2 Å². The van der Waals surface area contributed by atoms with E-state index < -0.39 is 0 Å². The Bertz CT molecular complexity index is 745. The van der Waals surface area contributed by atoms with Crippen molar-refractivity contribution in [1.29, 1.82) is 0 Å². The molecular weight excluding hydrogens is 328 g/mol. The minimum absolute atomic E-state index is 0.0959. The van der Waals surface area contributed by atoms with Gasteiger partial charge in [0.1, 0.15) is 11.6 Å². The molecule has 0 atom stereocenters. The number of piperidine rings is 1. The predicted octanol–water partition coefficient (Wildman–Crippen LogP) is 1.83. The highest BCUT2D eigenvalue weighted by molar-refractivity contribution is 5.94. The number of aromatic nitrogens is 4. The molecular formula is C19H26N6O. The maximum atomic E-state index is 12.6. The Labute approximate surface area is 154 Å². The van der Waals surface area contributed by atoms with E-state index in [4.69, 9.17) is 0 Å². The highest BCUT2D eigenvalue weighted by Gasteiger charge is 2.28. The average molecular weight is 354 g/mol. The Morgan fingerprint density at radius 2 is 1.77 bits per heavy atom. The fraction of sp³-hybridized carbons (Fsp3) is 0.579. The van der Waals surface area contributed by atoms with Gasteiger partial charge >= 0.3 is 0 Å². The maximum absolute atomic E-state index is 12.6. The Balaban J connectivity index is 1.37. The third-order valence-electron chi connectivity index (χ3n) is 5.64. The van der Waals surface area contributed by atoms with Crippen molar-refractivity contribution in [3.05, 3.63) is 41.7 Å². The van der Waals surface area contributed by atoms with Crippen molar-refractivity contribution >= 4 is 5.91 Å². The molecule has 7 heteroatoms. The summed E-state index contributed by atoms with van der Waals surface area (Å²) < 4.78 is 2.17. The number of nitrogens with zero attached hydrogens (tertiary/aromatic N) is 6. The molecule has 0 bridgehead atoms. The van der Waals surface area contributed by atoms with E-state index in [9.17, 15) is 4.79 Å². The van der Waals surface area contributed by atoms with E-state index in [2.05, 4.69) is 31.7 Å². The van der Waals surface area contributed by atoms with Crippen molar-refractivity contribution in [2.45, 2.75) is 38.1 Å². The van der Waals surface area contributed by atoms with Gasteiger partial charge in [0.05, 0.1) is 6.54 Å². The summed E-state index contributed by atoms with van der Waals surface area (Å²) in [4.78, 5) is 20.9. The molecule has 2 aromatic heterocycles. The van der Waals surface area contributed by atoms with Gasteiger partial charge < -0.3 is 9.47 Å². The van der Waals surface area contributed by atoms with Crippen LogP contribution >= 0.6 is 0 Å². The first-order chi connectivity index (χ1) is 12.7. The molecule has 2 aromatic rings. The molecule has 2 fully saturated rings. The molecule has 2 aliphatic rings. The molecule has 0 unspecified atom stereocenters. The minimum atomic E-state index is 0.0959. The first-order valence-electron chi connectivity index (χ1n) is 9.52. The van der Waals surface area contributed by atoms with E-state index in [1.54, 1.807) is 24.5 Å². The van der Waals surface area contributed by atoms with Crippen molar-refractivity contribution in [2.24, 2.45) is 7.05 Å². The molecule has 4 heterocycles. The summed E-state index contributed by atoms with van der Waals surface area (Å²) in [7, 11) is 2.08. The highest BCUT2D eigenvalue weighted by atomic mass is 16.2. The topological polar surface area (TPSA) is 67.2 Å². The molecule has 0 aromatic carbocycles. The van der Waals surface area contributed by atoms with Crippen LogP contribution in [0.25, 0.3) is 0 Å². The number of hydrogen-bond donors (Lipinski definition) is 0. The Hall–Kier alpha value is -2.28. The minimum Gasteiger partial charge on any atom is -0.339 e. The van der Waals surface area contributed by atoms with Gasteiger partial charge in [-0.1, -0.05) is 0 Å². The molecule has 7 nitrogen and oxygen atoms in total. The number of carbonyl (C=O) groups excluding carboxylic acids is 1. The maximum Gasteiger partial charge on any atom is 0.253 e. The van der Waals surface area contributed by atoms with E-state index in [0.29, 0.717) is 11.5 Å². The van der Waals surface area contributed by atoms with Crippen LogP contribution in [0.15, 0.2) is 24.5 Å². The van der Waals surface area contributed by atoms with Crippen LogP contribution < -0.4 is 0 Å². The summed E-state index contributed by atoms with van der Waals surface area (Å²) in [6.07, 6.45) is 7.78. The normalized spacial score (nSPS) is 19.2. The van der Waals surface area contributed by atoms with Crippen LogP contribution in [-0.2, 0) is 13.6 Å². The average Bonchev–Trinajstić information content (AvgIpc) is 3.33. The van der Waals surface area contributed by atoms with Crippen LogP contribution in [0.1, 0.15) is 53.6 Å². The van der Waals surface area contributed by atoms with Gasteiger partial charge in [-0.2, -0.15) is 0 Å². The molecule has 26 heavy (non-hydrogen) atoms. The highest BCUT2D eigenvalue weighted by Crippen LogP contribution is 2.28. The number of amides is 1. The van der Waals surface area contributed by atoms with Crippen LogP contribution in [-0.4, -0.2) is 61.6 Å². The van der Waals surface area contributed by atoms with Crippen molar-refractivity contribution < 1.29 is 4.79 Å².